The first kappa shape index (κ1) is 15.4. The van der Waals surface area contributed by atoms with Gasteiger partial charge in [0, 0.05) is 10.6 Å². The summed E-state index contributed by atoms with van der Waals surface area (Å²) in [6.45, 7) is 7.02. The van der Waals surface area contributed by atoms with Crippen molar-refractivity contribution in [1.82, 2.24) is 5.32 Å². The molecule has 1 aromatic rings. The number of thioether (sulfide) groups is 1. The van der Waals surface area contributed by atoms with Crippen LogP contribution in [0.15, 0.2) is 29.2 Å². The Kier molecular flexibility index (Phi) is 5.29. The van der Waals surface area contributed by atoms with Gasteiger partial charge in [-0.1, -0.05) is 38.5 Å². The molecule has 0 spiro atoms. The molecule has 2 aliphatic rings. The van der Waals surface area contributed by atoms with Crippen molar-refractivity contribution in [1.29, 1.82) is 0 Å². The maximum absolute atomic E-state index is 3.60. The Hall–Kier alpha value is -0.470. The molecule has 1 aromatic carbocycles. The number of hydrogen-bond acceptors (Lipinski definition) is 2. The molecule has 0 aromatic heterocycles. The number of nitrogens with one attached hydrogen (secondary N) is 1. The number of benzene rings is 1. The molecule has 116 valence electrons. The average molecular weight is 304 g/mol. The van der Waals surface area contributed by atoms with E-state index in [9.17, 15) is 0 Å². The lowest BCUT2D eigenvalue weighted by Gasteiger charge is -2.36. The summed E-state index contributed by atoms with van der Waals surface area (Å²) >= 11 is 2.07. The summed E-state index contributed by atoms with van der Waals surface area (Å²) in [5.74, 6) is 4.85. The van der Waals surface area contributed by atoms with Gasteiger partial charge in [0.2, 0.25) is 0 Å². The van der Waals surface area contributed by atoms with Crippen LogP contribution in [0, 0.1) is 17.8 Å². The Morgan fingerprint density at radius 3 is 2.90 bits per heavy atom. The van der Waals surface area contributed by atoms with Crippen molar-refractivity contribution in [3.05, 3.63) is 29.8 Å². The monoisotopic (exact) mass is 303 g/mol. The van der Waals surface area contributed by atoms with Crippen LogP contribution in [-0.2, 0) is 0 Å². The first-order valence-electron chi connectivity index (χ1n) is 8.70. The van der Waals surface area contributed by atoms with Gasteiger partial charge in [0.1, 0.15) is 0 Å². The molecule has 4 atom stereocenters. The third kappa shape index (κ3) is 3.65. The molecule has 3 rings (SSSR count). The molecule has 1 nitrogen and oxygen atoms in total. The molecule has 1 saturated carbocycles. The highest BCUT2D eigenvalue weighted by molar-refractivity contribution is 7.99. The van der Waals surface area contributed by atoms with Crippen molar-refractivity contribution in [2.24, 2.45) is 17.8 Å². The van der Waals surface area contributed by atoms with Crippen molar-refractivity contribution >= 4 is 11.8 Å². The number of fused-ring (bicyclic) bond motifs is 1. The second-order valence-electron chi connectivity index (χ2n) is 7.03. The van der Waals surface area contributed by atoms with E-state index >= 15 is 0 Å². The molecule has 1 aliphatic carbocycles. The van der Waals surface area contributed by atoms with E-state index in [-0.39, 0.29) is 0 Å². The molecular weight excluding hydrogens is 274 g/mol. The fourth-order valence-electron chi connectivity index (χ4n) is 4.24. The second-order valence-corrected chi connectivity index (χ2v) is 8.09. The molecule has 0 saturated heterocycles. The van der Waals surface area contributed by atoms with Gasteiger partial charge >= 0.3 is 0 Å². The van der Waals surface area contributed by atoms with Crippen molar-refractivity contribution in [3.63, 3.8) is 0 Å². The van der Waals surface area contributed by atoms with E-state index < -0.39 is 0 Å². The molecule has 21 heavy (non-hydrogen) atoms. The summed E-state index contributed by atoms with van der Waals surface area (Å²) in [5, 5.41) is 3.60. The fourth-order valence-corrected chi connectivity index (χ4v) is 5.51. The highest BCUT2D eigenvalue weighted by atomic mass is 32.2. The van der Waals surface area contributed by atoms with Crippen molar-refractivity contribution in [2.75, 3.05) is 18.8 Å². The number of hydrogen-bond donors (Lipinski definition) is 1. The molecule has 1 aliphatic heterocycles. The molecule has 2 heteroatoms. The summed E-state index contributed by atoms with van der Waals surface area (Å²) in [4.78, 5) is 1.54. The van der Waals surface area contributed by atoms with Gasteiger partial charge in [0.25, 0.3) is 0 Å². The Morgan fingerprint density at radius 2 is 2.05 bits per heavy atom. The zero-order valence-electron chi connectivity index (χ0n) is 13.5. The van der Waals surface area contributed by atoms with Gasteiger partial charge in [0.05, 0.1) is 0 Å². The third-order valence-corrected chi connectivity index (χ3v) is 6.70. The largest absolute Gasteiger partial charge is 0.317 e. The van der Waals surface area contributed by atoms with Crippen LogP contribution in [-0.4, -0.2) is 18.8 Å². The maximum Gasteiger partial charge on any atom is 0.0107 e. The summed E-state index contributed by atoms with van der Waals surface area (Å²) in [7, 11) is 0. The molecule has 1 fully saturated rings. The van der Waals surface area contributed by atoms with Gasteiger partial charge in [-0.05, 0) is 67.7 Å². The Morgan fingerprint density at radius 1 is 1.19 bits per heavy atom. The Balaban J connectivity index is 1.67. The highest BCUT2D eigenvalue weighted by Gasteiger charge is 2.32. The van der Waals surface area contributed by atoms with Crippen molar-refractivity contribution < 1.29 is 0 Å². The highest BCUT2D eigenvalue weighted by Crippen LogP contribution is 2.46. The minimum Gasteiger partial charge on any atom is -0.317 e. The van der Waals surface area contributed by atoms with Gasteiger partial charge < -0.3 is 5.32 Å². The summed E-state index contributed by atoms with van der Waals surface area (Å²) in [6, 6.07) is 9.08. The van der Waals surface area contributed by atoms with Crippen LogP contribution >= 0.6 is 11.8 Å². The minimum atomic E-state index is 0.797. The van der Waals surface area contributed by atoms with Gasteiger partial charge in [0.15, 0.2) is 0 Å². The topological polar surface area (TPSA) is 12.0 Å². The average Bonchev–Trinajstić information content (AvgIpc) is 2.90. The van der Waals surface area contributed by atoms with E-state index in [4.69, 9.17) is 0 Å². The smallest absolute Gasteiger partial charge is 0.0107 e. The van der Waals surface area contributed by atoms with E-state index in [2.05, 4.69) is 55.2 Å². The van der Waals surface area contributed by atoms with Crippen molar-refractivity contribution in [2.45, 2.75) is 50.3 Å². The molecule has 1 N–H and O–H groups in total. The van der Waals surface area contributed by atoms with Gasteiger partial charge in [-0.15, -0.1) is 11.8 Å². The molecule has 1 heterocycles. The van der Waals surface area contributed by atoms with Crippen LogP contribution in [0.25, 0.3) is 0 Å². The third-order valence-electron chi connectivity index (χ3n) is 5.44. The minimum absolute atomic E-state index is 0.797. The number of rotatable bonds is 5. The lowest BCUT2D eigenvalue weighted by molar-refractivity contribution is 0.169. The summed E-state index contributed by atoms with van der Waals surface area (Å²) < 4.78 is 0. The predicted molar refractivity (Wildman–Crippen MR) is 93.1 cm³/mol. The Labute approximate surface area is 134 Å². The van der Waals surface area contributed by atoms with Crippen LogP contribution in [0.2, 0.25) is 0 Å². The van der Waals surface area contributed by atoms with Crippen LogP contribution in [0.5, 0.6) is 0 Å². The lowest BCUT2D eigenvalue weighted by Crippen LogP contribution is -2.33. The maximum atomic E-state index is 3.60. The predicted octanol–water partition coefficient (Wildman–Crippen LogP) is 4.93. The van der Waals surface area contributed by atoms with E-state index in [0.29, 0.717) is 0 Å². The first-order valence-corrected chi connectivity index (χ1v) is 9.69. The van der Waals surface area contributed by atoms with E-state index in [1.54, 1.807) is 5.56 Å². The SMILES string of the molecule is CCNCC1CCC(C)CC1CC1CSc2ccccc21. The quantitative estimate of drug-likeness (QED) is 0.828. The van der Waals surface area contributed by atoms with Crippen LogP contribution in [0.4, 0.5) is 0 Å². The van der Waals surface area contributed by atoms with E-state index in [0.717, 1.165) is 30.2 Å². The standard InChI is InChI=1S/C19H29NS/c1-3-20-12-15-9-8-14(2)10-16(15)11-17-13-21-19-7-5-4-6-18(17)19/h4-7,14-17,20H,3,8-13H2,1-2H3. The van der Waals surface area contributed by atoms with Crippen LogP contribution in [0.1, 0.15) is 51.0 Å². The molecule has 0 amide bonds. The zero-order chi connectivity index (χ0) is 14.7. The van der Waals surface area contributed by atoms with Crippen molar-refractivity contribution in [3.8, 4) is 0 Å². The molecule has 4 unspecified atom stereocenters. The van der Waals surface area contributed by atoms with E-state index in [1.807, 2.05) is 0 Å². The van der Waals surface area contributed by atoms with Gasteiger partial charge in [-0.25, -0.2) is 0 Å². The van der Waals surface area contributed by atoms with Gasteiger partial charge in [-0.3, -0.25) is 0 Å². The summed E-state index contributed by atoms with van der Waals surface area (Å²) in [5.41, 5.74) is 1.63. The normalized spacial score (nSPS) is 32.1. The molecular formula is C19H29NS. The van der Waals surface area contributed by atoms with Crippen LogP contribution in [0.3, 0.4) is 0 Å². The van der Waals surface area contributed by atoms with Crippen LogP contribution < -0.4 is 5.32 Å². The summed E-state index contributed by atoms with van der Waals surface area (Å²) in [6.07, 6.45) is 5.71. The fraction of sp³-hybridized carbons (Fsp3) is 0.684. The lowest BCUT2D eigenvalue weighted by atomic mass is 9.70. The van der Waals surface area contributed by atoms with E-state index in [1.165, 1.54) is 42.9 Å². The zero-order valence-corrected chi connectivity index (χ0v) is 14.3. The second kappa shape index (κ2) is 7.19. The molecule has 0 radical (unpaired) electrons. The van der Waals surface area contributed by atoms with Gasteiger partial charge in [-0.2, -0.15) is 0 Å². The molecule has 0 bridgehead atoms. The Bertz CT molecular complexity index is 457. The first-order chi connectivity index (χ1) is 10.3.